The number of carbonyl (C=O) groups is 2. The highest BCUT2D eigenvalue weighted by molar-refractivity contribution is 5.94. The van der Waals surface area contributed by atoms with E-state index in [0.29, 0.717) is 12.5 Å². The molecule has 2 aliphatic rings. The Labute approximate surface area is 109 Å². The standard InChI is InChI=1S/C14H23NO3/c1-9(2)12-8-18-14(17)15(12)13(16)10(3)11-6-4-5-7-11/h9-12H,4-8H2,1-3H3/t10-,12+/m1/s1. The van der Waals surface area contributed by atoms with Crippen molar-refractivity contribution in [3.8, 4) is 0 Å². The lowest BCUT2D eigenvalue weighted by Gasteiger charge is -2.27. The number of rotatable bonds is 3. The van der Waals surface area contributed by atoms with Crippen LogP contribution in [0.3, 0.4) is 0 Å². The molecule has 2 rings (SSSR count). The van der Waals surface area contributed by atoms with E-state index in [1.54, 1.807) is 0 Å². The number of nitrogens with zero attached hydrogens (tertiary/aromatic N) is 1. The molecule has 0 spiro atoms. The molecule has 1 aliphatic heterocycles. The first kappa shape index (κ1) is 13.4. The van der Waals surface area contributed by atoms with E-state index in [1.165, 1.54) is 17.7 Å². The van der Waals surface area contributed by atoms with Gasteiger partial charge < -0.3 is 4.74 Å². The molecule has 1 saturated carbocycles. The molecule has 102 valence electrons. The molecule has 4 heteroatoms. The minimum absolute atomic E-state index is 0.0388. The van der Waals surface area contributed by atoms with E-state index in [0.717, 1.165) is 12.8 Å². The van der Waals surface area contributed by atoms with E-state index in [4.69, 9.17) is 4.74 Å². The number of imide groups is 1. The SMILES string of the molecule is CC(C)[C@@H]1COC(=O)N1C(=O)[C@H](C)C1CCCC1. The van der Waals surface area contributed by atoms with Crippen molar-refractivity contribution in [3.05, 3.63) is 0 Å². The average molecular weight is 253 g/mol. The van der Waals surface area contributed by atoms with Crippen molar-refractivity contribution in [2.24, 2.45) is 17.8 Å². The van der Waals surface area contributed by atoms with Crippen LogP contribution < -0.4 is 0 Å². The number of amides is 2. The summed E-state index contributed by atoms with van der Waals surface area (Å²) in [5, 5.41) is 0. The number of carbonyl (C=O) groups excluding carboxylic acids is 2. The van der Waals surface area contributed by atoms with Gasteiger partial charge in [-0.1, -0.05) is 33.6 Å². The molecule has 0 N–H and O–H groups in total. The second-order valence-electron chi connectivity index (χ2n) is 5.93. The van der Waals surface area contributed by atoms with Crippen LogP contribution in [0.2, 0.25) is 0 Å². The van der Waals surface area contributed by atoms with Crippen LogP contribution in [-0.4, -0.2) is 29.5 Å². The molecule has 18 heavy (non-hydrogen) atoms. The molecule has 0 radical (unpaired) electrons. The number of ether oxygens (including phenoxy) is 1. The maximum atomic E-state index is 12.5. The summed E-state index contributed by atoms with van der Waals surface area (Å²) in [7, 11) is 0. The zero-order valence-electron chi connectivity index (χ0n) is 11.5. The van der Waals surface area contributed by atoms with Crippen molar-refractivity contribution in [2.45, 2.75) is 52.5 Å². The molecule has 0 aromatic rings. The quantitative estimate of drug-likeness (QED) is 0.777. The summed E-state index contributed by atoms with van der Waals surface area (Å²) in [5.41, 5.74) is 0. The van der Waals surface area contributed by atoms with Crippen LogP contribution in [0.15, 0.2) is 0 Å². The van der Waals surface area contributed by atoms with Crippen molar-refractivity contribution >= 4 is 12.0 Å². The lowest BCUT2D eigenvalue weighted by molar-refractivity contribution is -0.135. The largest absolute Gasteiger partial charge is 0.447 e. The lowest BCUT2D eigenvalue weighted by Crippen LogP contribution is -2.45. The zero-order valence-corrected chi connectivity index (χ0v) is 11.5. The maximum Gasteiger partial charge on any atom is 0.416 e. The molecule has 2 fully saturated rings. The van der Waals surface area contributed by atoms with E-state index in [-0.39, 0.29) is 23.8 Å². The molecule has 4 nitrogen and oxygen atoms in total. The van der Waals surface area contributed by atoms with Gasteiger partial charge >= 0.3 is 6.09 Å². The predicted molar refractivity (Wildman–Crippen MR) is 67.9 cm³/mol. The van der Waals surface area contributed by atoms with E-state index in [9.17, 15) is 9.59 Å². The molecule has 0 aromatic carbocycles. The van der Waals surface area contributed by atoms with Gasteiger partial charge in [0, 0.05) is 5.92 Å². The van der Waals surface area contributed by atoms with Gasteiger partial charge in [-0.05, 0) is 24.7 Å². The van der Waals surface area contributed by atoms with Gasteiger partial charge in [0.25, 0.3) is 0 Å². The third kappa shape index (κ3) is 2.38. The van der Waals surface area contributed by atoms with Gasteiger partial charge in [0.2, 0.25) is 5.91 Å². The summed E-state index contributed by atoms with van der Waals surface area (Å²) >= 11 is 0. The first-order valence-electron chi connectivity index (χ1n) is 7.02. The summed E-state index contributed by atoms with van der Waals surface area (Å²) < 4.78 is 5.04. The summed E-state index contributed by atoms with van der Waals surface area (Å²) in [4.78, 5) is 25.6. The summed E-state index contributed by atoms with van der Waals surface area (Å²) in [6, 6.07) is -0.0890. The Balaban J connectivity index is 2.08. The number of hydrogen-bond donors (Lipinski definition) is 0. The Kier molecular flexibility index (Phi) is 3.93. The zero-order chi connectivity index (χ0) is 13.3. The van der Waals surface area contributed by atoms with Gasteiger partial charge in [-0.3, -0.25) is 4.79 Å². The first-order chi connectivity index (χ1) is 8.52. The predicted octanol–water partition coefficient (Wildman–Crippen LogP) is 2.82. The minimum Gasteiger partial charge on any atom is -0.447 e. The highest BCUT2D eigenvalue weighted by atomic mass is 16.6. The van der Waals surface area contributed by atoms with Crippen molar-refractivity contribution in [1.82, 2.24) is 4.90 Å². The fourth-order valence-corrected chi connectivity index (χ4v) is 3.06. The summed E-state index contributed by atoms with van der Waals surface area (Å²) in [6.45, 7) is 6.35. The highest BCUT2D eigenvalue weighted by Gasteiger charge is 2.42. The lowest BCUT2D eigenvalue weighted by atomic mass is 9.90. The van der Waals surface area contributed by atoms with Gasteiger partial charge in [-0.15, -0.1) is 0 Å². The van der Waals surface area contributed by atoms with Crippen LogP contribution in [-0.2, 0) is 9.53 Å². The smallest absolute Gasteiger partial charge is 0.416 e. The topological polar surface area (TPSA) is 46.6 Å². The van der Waals surface area contributed by atoms with E-state index >= 15 is 0 Å². The Morgan fingerprint density at radius 3 is 2.44 bits per heavy atom. The van der Waals surface area contributed by atoms with Crippen molar-refractivity contribution in [2.75, 3.05) is 6.61 Å². The van der Waals surface area contributed by atoms with Gasteiger partial charge in [-0.2, -0.15) is 0 Å². The highest BCUT2D eigenvalue weighted by Crippen LogP contribution is 2.33. The molecule has 0 unspecified atom stereocenters. The van der Waals surface area contributed by atoms with Crippen LogP contribution in [0.5, 0.6) is 0 Å². The third-order valence-corrected chi connectivity index (χ3v) is 4.41. The third-order valence-electron chi connectivity index (χ3n) is 4.41. The van der Waals surface area contributed by atoms with Gasteiger partial charge in [0.05, 0.1) is 6.04 Å². The molecule has 1 heterocycles. The molecule has 1 aliphatic carbocycles. The monoisotopic (exact) mass is 253 g/mol. The van der Waals surface area contributed by atoms with E-state index in [1.807, 2.05) is 20.8 Å². The molecule has 0 bridgehead atoms. The normalized spacial score (nSPS) is 26.8. The van der Waals surface area contributed by atoms with Crippen LogP contribution >= 0.6 is 0 Å². The number of hydrogen-bond acceptors (Lipinski definition) is 3. The van der Waals surface area contributed by atoms with Crippen LogP contribution in [0, 0.1) is 17.8 Å². The van der Waals surface area contributed by atoms with Gasteiger partial charge in [0.15, 0.2) is 0 Å². The Bertz CT molecular complexity index is 334. The van der Waals surface area contributed by atoms with Gasteiger partial charge in [0.1, 0.15) is 6.61 Å². The first-order valence-corrected chi connectivity index (χ1v) is 7.02. The van der Waals surface area contributed by atoms with Gasteiger partial charge in [-0.25, -0.2) is 9.69 Å². The number of cyclic esters (lactones) is 1. The van der Waals surface area contributed by atoms with Crippen LogP contribution in [0.4, 0.5) is 4.79 Å². The Morgan fingerprint density at radius 1 is 1.28 bits per heavy atom. The minimum atomic E-state index is -0.455. The van der Waals surface area contributed by atoms with Crippen LogP contribution in [0.1, 0.15) is 46.5 Å². The second-order valence-corrected chi connectivity index (χ2v) is 5.93. The summed E-state index contributed by atoms with van der Waals surface area (Å²) in [5.74, 6) is 0.595. The average Bonchev–Trinajstić information content (AvgIpc) is 2.95. The fourth-order valence-electron chi connectivity index (χ4n) is 3.06. The Hall–Kier alpha value is -1.06. The van der Waals surface area contributed by atoms with Crippen molar-refractivity contribution in [1.29, 1.82) is 0 Å². The van der Waals surface area contributed by atoms with E-state index in [2.05, 4.69) is 0 Å². The summed E-state index contributed by atoms with van der Waals surface area (Å²) in [6.07, 6.45) is 4.19. The second kappa shape index (κ2) is 5.29. The molecule has 1 saturated heterocycles. The molecular formula is C14H23NO3. The molecular weight excluding hydrogens is 230 g/mol. The van der Waals surface area contributed by atoms with Crippen molar-refractivity contribution < 1.29 is 14.3 Å². The molecule has 0 aromatic heterocycles. The molecule has 2 atom stereocenters. The fraction of sp³-hybridized carbons (Fsp3) is 0.857. The van der Waals surface area contributed by atoms with Crippen molar-refractivity contribution in [3.63, 3.8) is 0 Å². The van der Waals surface area contributed by atoms with E-state index < -0.39 is 6.09 Å². The Morgan fingerprint density at radius 2 is 1.89 bits per heavy atom. The van der Waals surface area contributed by atoms with Crippen LogP contribution in [0.25, 0.3) is 0 Å². The maximum absolute atomic E-state index is 12.5. The molecule has 2 amide bonds.